The van der Waals surface area contributed by atoms with E-state index < -0.39 is 0 Å². The Bertz CT molecular complexity index is 444. The molecule has 110 valence electrons. The number of rotatable bonds is 7. The van der Waals surface area contributed by atoms with E-state index >= 15 is 0 Å². The molecular weight excluding hydrogens is 320 g/mol. The van der Waals surface area contributed by atoms with Crippen LogP contribution < -0.4 is 0 Å². The van der Waals surface area contributed by atoms with Gasteiger partial charge in [0.1, 0.15) is 0 Å². The minimum atomic E-state index is -0.310. The van der Waals surface area contributed by atoms with Crippen molar-refractivity contribution in [1.29, 1.82) is 0 Å². The molecule has 0 radical (unpaired) electrons. The fourth-order valence-electron chi connectivity index (χ4n) is 1.82. The van der Waals surface area contributed by atoms with Crippen molar-refractivity contribution in [2.45, 2.75) is 18.8 Å². The number of nitrogens with zero attached hydrogens (tertiary/aromatic N) is 2. The van der Waals surface area contributed by atoms with Gasteiger partial charge in [-0.15, -0.1) is 0 Å². The molecule has 0 saturated carbocycles. The zero-order valence-electron chi connectivity index (χ0n) is 12.2. The molecule has 0 aliphatic rings. The Balaban J connectivity index is 2.87. The van der Waals surface area contributed by atoms with Crippen molar-refractivity contribution in [1.82, 2.24) is 5.01 Å². The summed E-state index contributed by atoms with van der Waals surface area (Å²) in [6.45, 7) is 0. The SMILES string of the molecule is COC(=O)c1ccc(C(C=NN(C)C)CCCBr)cc1. The molecule has 1 aromatic rings. The first-order chi connectivity index (χ1) is 9.58. The molecule has 0 heterocycles. The van der Waals surface area contributed by atoms with Gasteiger partial charge in [-0.05, 0) is 30.5 Å². The smallest absolute Gasteiger partial charge is 0.337 e. The van der Waals surface area contributed by atoms with Gasteiger partial charge in [0.25, 0.3) is 0 Å². The van der Waals surface area contributed by atoms with Crippen molar-refractivity contribution in [3.05, 3.63) is 35.4 Å². The standard InChI is InChI=1S/C15H21BrN2O2/c1-18(2)17-11-14(5-4-10-16)12-6-8-13(9-7-12)15(19)20-3/h6-9,11,14H,4-5,10H2,1-3H3. The number of hydrazone groups is 1. The summed E-state index contributed by atoms with van der Waals surface area (Å²) in [6.07, 6.45) is 4.04. The van der Waals surface area contributed by atoms with Gasteiger partial charge < -0.3 is 9.75 Å². The van der Waals surface area contributed by atoms with E-state index in [0.717, 1.165) is 23.7 Å². The van der Waals surface area contributed by atoms with Crippen molar-refractivity contribution in [2.24, 2.45) is 5.10 Å². The molecule has 1 rings (SSSR count). The maximum Gasteiger partial charge on any atom is 0.337 e. The summed E-state index contributed by atoms with van der Waals surface area (Å²) in [7, 11) is 5.19. The molecule has 0 N–H and O–H groups in total. The van der Waals surface area contributed by atoms with Gasteiger partial charge >= 0.3 is 5.97 Å². The van der Waals surface area contributed by atoms with Gasteiger partial charge in [0, 0.05) is 31.6 Å². The van der Waals surface area contributed by atoms with Crippen LogP contribution in [0.5, 0.6) is 0 Å². The first-order valence-corrected chi connectivity index (χ1v) is 7.66. The number of ether oxygens (including phenoxy) is 1. The van der Waals surface area contributed by atoms with E-state index in [9.17, 15) is 4.79 Å². The van der Waals surface area contributed by atoms with E-state index in [0.29, 0.717) is 5.56 Å². The van der Waals surface area contributed by atoms with Gasteiger partial charge in [0.05, 0.1) is 12.7 Å². The van der Waals surface area contributed by atoms with Crippen molar-refractivity contribution in [3.8, 4) is 0 Å². The highest BCUT2D eigenvalue weighted by Crippen LogP contribution is 2.21. The van der Waals surface area contributed by atoms with Crippen LogP contribution in [0.4, 0.5) is 0 Å². The summed E-state index contributed by atoms with van der Waals surface area (Å²) in [5.74, 6) is -0.0582. The highest BCUT2D eigenvalue weighted by atomic mass is 79.9. The predicted octanol–water partition coefficient (Wildman–Crippen LogP) is 3.28. The predicted molar refractivity (Wildman–Crippen MR) is 85.7 cm³/mol. The third kappa shape index (κ3) is 5.33. The minimum Gasteiger partial charge on any atom is -0.465 e. The molecule has 0 aliphatic heterocycles. The van der Waals surface area contributed by atoms with Crippen molar-refractivity contribution >= 4 is 28.1 Å². The second kappa shape index (κ2) is 8.74. The zero-order valence-corrected chi connectivity index (χ0v) is 13.8. The van der Waals surface area contributed by atoms with E-state index in [1.807, 2.05) is 32.4 Å². The number of carbonyl (C=O) groups excluding carboxylic acids is 1. The van der Waals surface area contributed by atoms with E-state index in [1.54, 1.807) is 17.1 Å². The van der Waals surface area contributed by atoms with Gasteiger partial charge in [-0.25, -0.2) is 4.79 Å². The second-order valence-electron chi connectivity index (χ2n) is 4.66. The molecule has 1 unspecified atom stereocenters. The Kier molecular flexibility index (Phi) is 7.30. The summed E-state index contributed by atoms with van der Waals surface area (Å²) in [4.78, 5) is 11.4. The molecule has 0 fully saturated rings. The van der Waals surface area contributed by atoms with Gasteiger partial charge in [-0.1, -0.05) is 28.1 Å². The molecule has 0 saturated heterocycles. The number of methoxy groups -OCH3 is 1. The fraction of sp³-hybridized carbons (Fsp3) is 0.467. The monoisotopic (exact) mass is 340 g/mol. The van der Waals surface area contributed by atoms with Gasteiger partial charge in [0.2, 0.25) is 0 Å². The summed E-state index contributed by atoms with van der Waals surface area (Å²) in [5.41, 5.74) is 1.73. The Labute approximate surface area is 128 Å². The van der Waals surface area contributed by atoms with E-state index in [4.69, 9.17) is 4.74 Å². The molecule has 0 aromatic heterocycles. The highest BCUT2D eigenvalue weighted by Gasteiger charge is 2.11. The zero-order chi connectivity index (χ0) is 15.0. The highest BCUT2D eigenvalue weighted by molar-refractivity contribution is 9.09. The lowest BCUT2D eigenvalue weighted by Gasteiger charge is -2.14. The average Bonchev–Trinajstić information content (AvgIpc) is 2.46. The van der Waals surface area contributed by atoms with Crippen LogP contribution in [0.1, 0.15) is 34.7 Å². The molecule has 0 bridgehead atoms. The molecule has 1 aromatic carbocycles. The first kappa shape index (κ1) is 16.7. The average molecular weight is 341 g/mol. The van der Waals surface area contributed by atoms with Crippen LogP contribution in [-0.2, 0) is 4.74 Å². The molecule has 4 nitrogen and oxygen atoms in total. The first-order valence-electron chi connectivity index (χ1n) is 6.54. The van der Waals surface area contributed by atoms with Crippen LogP contribution in [0.3, 0.4) is 0 Å². The lowest BCUT2D eigenvalue weighted by Crippen LogP contribution is -2.08. The lowest BCUT2D eigenvalue weighted by atomic mass is 9.95. The quantitative estimate of drug-likeness (QED) is 0.331. The maximum absolute atomic E-state index is 11.4. The van der Waals surface area contributed by atoms with Crippen LogP contribution in [-0.4, -0.2) is 43.7 Å². The largest absolute Gasteiger partial charge is 0.465 e. The van der Waals surface area contributed by atoms with Crippen molar-refractivity contribution in [2.75, 3.05) is 26.5 Å². The van der Waals surface area contributed by atoms with Gasteiger partial charge in [-0.3, -0.25) is 0 Å². The van der Waals surface area contributed by atoms with Gasteiger partial charge in [-0.2, -0.15) is 5.10 Å². The van der Waals surface area contributed by atoms with E-state index in [1.165, 1.54) is 7.11 Å². The van der Waals surface area contributed by atoms with Crippen LogP contribution in [0.2, 0.25) is 0 Å². The van der Waals surface area contributed by atoms with Crippen LogP contribution >= 0.6 is 15.9 Å². The summed E-state index contributed by atoms with van der Waals surface area (Å²) >= 11 is 3.45. The third-order valence-corrected chi connectivity index (χ3v) is 3.45. The summed E-state index contributed by atoms with van der Waals surface area (Å²) in [5, 5.41) is 7.08. The lowest BCUT2D eigenvalue weighted by molar-refractivity contribution is 0.0600. The van der Waals surface area contributed by atoms with E-state index in [-0.39, 0.29) is 11.9 Å². The molecule has 1 atom stereocenters. The Morgan fingerprint density at radius 2 is 2.05 bits per heavy atom. The molecule has 0 aliphatic carbocycles. The normalized spacial score (nSPS) is 12.4. The summed E-state index contributed by atoms with van der Waals surface area (Å²) < 4.78 is 4.70. The number of hydrogen-bond acceptors (Lipinski definition) is 4. The minimum absolute atomic E-state index is 0.252. The topological polar surface area (TPSA) is 41.9 Å². The fourth-order valence-corrected chi connectivity index (χ4v) is 2.15. The van der Waals surface area contributed by atoms with Crippen molar-refractivity contribution in [3.63, 3.8) is 0 Å². The molecule has 5 heteroatoms. The Morgan fingerprint density at radius 3 is 2.55 bits per heavy atom. The maximum atomic E-state index is 11.4. The molecule has 0 spiro atoms. The third-order valence-electron chi connectivity index (χ3n) is 2.89. The van der Waals surface area contributed by atoms with Crippen molar-refractivity contribution < 1.29 is 9.53 Å². The van der Waals surface area contributed by atoms with E-state index in [2.05, 4.69) is 21.0 Å². The van der Waals surface area contributed by atoms with Crippen LogP contribution in [0.15, 0.2) is 29.4 Å². The van der Waals surface area contributed by atoms with Crippen LogP contribution in [0, 0.1) is 0 Å². The Morgan fingerprint density at radius 1 is 1.40 bits per heavy atom. The number of carbonyl (C=O) groups is 1. The Hall–Kier alpha value is -1.36. The molecular formula is C15H21BrN2O2. The number of benzene rings is 1. The number of esters is 1. The molecule has 20 heavy (non-hydrogen) atoms. The summed E-state index contributed by atoms with van der Waals surface area (Å²) in [6, 6.07) is 7.53. The number of alkyl halides is 1. The number of halogens is 1. The second-order valence-corrected chi connectivity index (χ2v) is 5.46. The van der Waals surface area contributed by atoms with Crippen LogP contribution in [0.25, 0.3) is 0 Å². The number of hydrogen-bond donors (Lipinski definition) is 0. The van der Waals surface area contributed by atoms with Gasteiger partial charge in [0.15, 0.2) is 0 Å². The molecule has 0 amide bonds.